The lowest BCUT2D eigenvalue weighted by Gasteiger charge is -2.07. The van der Waals surface area contributed by atoms with Crippen molar-refractivity contribution in [1.82, 2.24) is 5.32 Å². The van der Waals surface area contributed by atoms with Gasteiger partial charge in [0.25, 0.3) is 11.6 Å². The highest BCUT2D eigenvalue weighted by atomic mass is 79.9. The van der Waals surface area contributed by atoms with Gasteiger partial charge in [0.1, 0.15) is 5.69 Å². The molecule has 21 heavy (non-hydrogen) atoms. The number of nitro benzene ring substituents is 1. The highest BCUT2D eigenvalue weighted by molar-refractivity contribution is 9.10. The van der Waals surface area contributed by atoms with Gasteiger partial charge in [0.15, 0.2) is 0 Å². The largest absolute Gasteiger partial charge is 0.347 e. The van der Waals surface area contributed by atoms with Crippen LogP contribution in [0.5, 0.6) is 0 Å². The number of hydrogen-bond donors (Lipinski definition) is 3. The zero-order chi connectivity index (χ0) is 15.4. The van der Waals surface area contributed by atoms with Gasteiger partial charge in [-0.2, -0.15) is 0 Å². The number of amides is 1. The topological polar surface area (TPSA) is 110 Å². The Morgan fingerprint density at radius 2 is 2.19 bits per heavy atom. The molecule has 1 aromatic heterocycles. The first-order valence-corrected chi connectivity index (χ1v) is 7.45. The minimum atomic E-state index is -0.570. The predicted octanol–water partition coefficient (Wildman–Crippen LogP) is 2.63. The van der Waals surface area contributed by atoms with Crippen LogP contribution in [0.15, 0.2) is 34.1 Å². The van der Waals surface area contributed by atoms with E-state index in [0.29, 0.717) is 12.1 Å². The van der Waals surface area contributed by atoms with Crippen molar-refractivity contribution in [3.05, 3.63) is 54.7 Å². The molecule has 4 N–H and O–H groups in total. The Balaban J connectivity index is 2.12. The zero-order valence-corrected chi connectivity index (χ0v) is 13.0. The number of hydrogen-bond acceptors (Lipinski definition) is 6. The summed E-state index contributed by atoms with van der Waals surface area (Å²) < 4.78 is 0.931. The summed E-state index contributed by atoms with van der Waals surface area (Å²) in [6.45, 7) is 0.374. The second-order valence-electron chi connectivity index (χ2n) is 4.01. The molecular weight excluding hydrogens is 360 g/mol. The molecule has 9 heteroatoms. The molecule has 0 aliphatic carbocycles. The van der Waals surface area contributed by atoms with Crippen molar-refractivity contribution in [2.45, 2.75) is 6.54 Å². The van der Waals surface area contributed by atoms with E-state index >= 15 is 0 Å². The third-order valence-electron chi connectivity index (χ3n) is 2.71. The van der Waals surface area contributed by atoms with Gasteiger partial charge >= 0.3 is 0 Å². The molecule has 0 fully saturated rings. The van der Waals surface area contributed by atoms with E-state index in [1.54, 1.807) is 0 Å². The molecule has 7 nitrogen and oxygen atoms in total. The van der Waals surface area contributed by atoms with E-state index in [1.165, 1.54) is 29.5 Å². The molecule has 110 valence electrons. The Labute approximate surface area is 132 Å². The summed E-state index contributed by atoms with van der Waals surface area (Å²) >= 11 is 4.90. The molecular formula is C12H11BrN4O3S. The Morgan fingerprint density at radius 3 is 2.76 bits per heavy atom. The van der Waals surface area contributed by atoms with Gasteiger partial charge in [0, 0.05) is 21.0 Å². The molecule has 0 aliphatic heterocycles. The van der Waals surface area contributed by atoms with Gasteiger partial charge < -0.3 is 10.7 Å². The lowest BCUT2D eigenvalue weighted by Crippen LogP contribution is -2.23. The summed E-state index contributed by atoms with van der Waals surface area (Å²) in [7, 11) is 0. The van der Waals surface area contributed by atoms with Crippen molar-refractivity contribution >= 4 is 44.5 Å². The number of thiophene rings is 1. The maximum absolute atomic E-state index is 12.0. The number of nitro groups is 1. The number of hydrazine groups is 1. The molecule has 0 saturated heterocycles. The van der Waals surface area contributed by atoms with Crippen molar-refractivity contribution in [3.63, 3.8) is 0 Å². The molecule has 2 rings (SSSR count). The summed E-state index contributed by atoms with van der Waals surface area (Å²) in [5.74, 6) is 4.91. The maximum atomic E-state index is 12.0. The number of nitrogens with one attached hydrogen (secondary N) is 2. The number of benzene rings is 1. The van der Waals surface area contributed by atoms with Gasteiger partial charge in [-0.05, 0) is 39.5 Å². The number of halogens is 1. The molecule has 0 radical (unpaired) electrons. The summed E-state index contributed by atoms with van der Waals surface area (Å²) in [5, 5.41) is 15.4. The summed E-state index contributed by atoms with van der Waals surface area (Å²) in [4.78, 5) is 23.2. The van der Waals surface area contributed by atoms with E-state index in [4.69, 9.17) is 5.84 Å². The predicted molar refractivity (Wildman–Crippen MR) is 84.1 cm³/mol. The van der Waals surface area contributed by atoms with Gasteiger partial charge in [-0.15, -0.1) is 11.3 Å². The second-order valence-corrected chi connectivity index (χ2v) is 5.86. The molecule has 0 saturated carbocycles. The minimum absolute atomic E-state index is 0.0879. The minimum Gasteiger partial charge on any atom is -0.347 e. The van der Waals surface area contributed by atoms with Gasteiger partial charge in [0.2, 0.25) is 0 Å². The molecule has 1 amide bonds. The fourth-order valence-corrected chi connectivity index (χ4v) is 3.10. The lowest BCUT2D eigenvalue weighted by molar-refractivity contribution is -0.384. The number of nitrogens with zero attached hydrogens (tertiary/aromatic N) is 1. The normalized spacial score (nSPS) is 10.2. The van der Waals surface area contributed by atoms with Crippen LogP contribution in [0, 0.1) is 10.1 Å². The molecule has 0 aliphatic rings. The molecule has 1 heterocycles. The number of carbonyl (C=O) groups excluding carboxylic acids is 1. The van der Waals surface area contributed by atoms with Crippen molar-refractivity contribution in [1.29, 1.82) is 0 Å². The summed E-state index contributed by atoms with van der Waals surface area (Å²) in [5.41, 5.74) is 2.42. The summed E-state index contributed by atoms with van der Waals surface area (Å²) in [6.07, 6.45) is 0. The molecule has 1 aromatic carbocycles. The van der Waals surface area contributed by atoms with E-state index < -0.39 is 4.92 Å². The number of carbonyl (C=O) groups is 1. The standard InChI is InChI=1S/C12H11BrN4O3S/c13-8-3-4-21-11(8)6-15-12(18)7-1-2-10(17(19)20)9(5-7)16-14/h1-5,16H,6,14H2,(H,15,18). The van der Waals surface area contributed by atoms with Crippen LogP contribution in [0.2, 0.25) is 0 Å². The average Bonchev–Trinajstić information content (AvgIpc) is 2.89. The zero-order valence-electron chi connectivity index (χ0n) is 10.6. The SMILES string of the molecule is NNc1cc(C(=O)NCc2sccc2Br)ccc1[N+](=O)[O-]. The molecule has 2 aromatic rings. The highest BCUT2D eigenvalue weighted by Gasteiger charge is 2.16. The maximum Gasteiger partial charge on any atom is 0.293 e. The van der Waals surface area contributed by atoms with Crippen molar-refractivity contribution < 1.29 is 9.72 Å². The van der Waals surface area contributed by atoms with Gasteiger partial charge in [-0.3, -0.25) is 20.8 Å². The summed E-state index contributed by atoms with van der Waals surface area (Å²) in [6, 6.07) is 5.87. The van der Waals surface area contributed by atoms with Crippen LogP contribution in [0.1, 0.15) is 15.2 Å². The molecule has 0 bridgehead atoms. The van der Waals surface area contributed by atoms with Crippen molar-refractivity contribution in [2.24, 2.45) is 5.84 Å². The van der Waals surface area contributed by atoms with E-state index in [2.05, 4.69) is 26.7 Å². The number of nitrogens with two attached hydrogens (primary N) is 1. The second kappa shape index (κ2) is 6.66. The Hall–Kier alpha value is -1.97. The van der Waals surface area contributed by atoms with Crippen LogP contribution in [-0.2, 0) is 6.54 Å². The van der Waals surface area contributed by atoms with Crippen molar-refractivity contribution in [2.75, 3.05) is 5.43 Å². The van der Waals surface area contributed by atoms with Crippen LogP contribution < -0.4 is 16.6 Å². The number of anilines is 1. The van der Waals surface area contributed by atoms with Gasteiger partial charge in [-0.1, -0.05) is 0 Å². The van der Waals surface area contributed by atoms with Crippen LogP contribution >= 0.6 is 27.3 Å². The molecule has 0 unspecified atom stereocenters. The first kappa shape index (κ1) is 15.4. The number of rotatable bonds is 5. The monoisotopic (exact) mass is 370 g/mol. The molecule has 0 spiro atoms. The fraction of sp³-hybridized carbons (Fsp3) is 0.0833. The Kier molecular flexibility index (Phi) is 4.89. The van der Waals surface area contributed by atoms with E-state index in [1.807, 2.05) is 11.4 Å². The first-order valence-electron chi connectivity index (χ1n) is 5.78. The first-order chi connectivity index (χ1) is 10.0. The van der Waals surface area contributed by atoms with Crippen LogP contribution in [0.3, 0.4) is 0 Å². The average molecular weight is 371 g/mol. The van der Waals surface area contributed by atoms with Crippen LogP contribution in [0.25, 0.3) is 0 Å². The quantitative estimate of drug-likeness (QED) is 0.425. The van der Waals surface area contributed by atoms with E-state index in [-0.39, 0.29) is 17.3 Å². The Bertz CT molecular complexity index is 689. The molecule has 0 atom stereocenters. The van der Waals surface area contributed by atoms with Crippen LogP contribution in [-0.4, -0.2) is 10.8 Å². The van der Waals surface area contributed by atoms with Gasteiger partial charge in [0.05, 0.1) is 11.5 Å². The third-order valence-corrected chi connectivity index (χ3v) is 4.64. The Morgan fingerprint density at radius 1 is 1.43 bits per heavy atom. The van der Waals surface area contributed by atoms with E-state index in [0.717, 1.165) is 9.35 Å². The third kappa shape index (κ3) is 3.57. The highest BCUT2D eigenvalue weighted by Crippen LogP contribution is 2.25. The van der Waals surface area contributed by atoms with Gasteiger partial charge in [-0.25, -0.2) is 0 Å². The fourth-order valence-electron chi connectivity index (χ4n) is 1.67. The van der Waals surface area contributed by atoms with E-state index in [9.17, 15) is 14.9 Å². The lowest BCUT2D eigenvalue weighted by atomic mass is 10.1. The number of nitrogen functional groups attached to an aromatic ring is 1. The van der Waals surface area contributed by atoms with Crippen LogP contribution in [0.4, 0.5) is 11.4 Å². The smallest absolute Gasteiger partial charge is 0.293 e. The van der Waals surface area contributed by atoms with Crippen molar-refractivity contribution in [3.8, 4) is 0 Å².